The van der Waals surface area contributed by atoms with Crippen molar-refractivity contribution in [2.24, 2.45) is 0 Å². The van der Waals surface area contributed by atoms with Gasteiger partial charge in [-0.2, -0.15) is 10.5 Å². The highest BCUT2D eigenvalue weighted by Crippen LogP contribution is 2.36. The molecule has 0 saturated carbocycles. The van der Waals surface area contributed by atoms with Gasteiger partial charge in [0.2, 0.25) is 11.9 Å². The zero-order valence-corrected chi connectivity index (χ0v) is 31.5. The van der Waals surface area contributed by atoms with Crippen molar-refractivity contribution in [1.29, 1.82) is 10.5 Å². The molecule has 0 bridgehead atoms. The van der Waals surface area contributed by atoms with Gasteiger partial charge >= 0.3 is 7.12 Å². The second-order valence-electron chi connectivity index (χ2n) is 12.7. The first-order valence-electron chi connectivity index (χ1n) is 16.5. The Morgan fingerprint density at radius 1 is 0.611 bits per heavy atom. The number of benzene rings is 2. The summed E-state index contributed by atoms with van der Waals surface area (Å²) in [6.45, 7) is 8.14. The Balaban J connectivity index is 0.000000159. The fraction of sp³-hybridized carbons (Fsp3) is 0.158. The first-order chi connectivity index (χ1) is 25.9. The van der Waals surface area contributed by atoms with Crippen molar-refractivity contribution in [2.45, 2.75) is 38.9 Å². The number of nitriles is 2. The summed E-state index contributed by atoms with van der Waals surface area (Å²) in [5, 5.41) is 23.3. The highest BCUT2D eigenvalue weighted by atomic mass is 79.9. The molecule has 1 saturated heterocycles. The van der Waals surface area contributed by atoms with Crippen molar-refractivity contribution in [1.82, 2.24) is 29.9 Å². The Labute approximate surface area is 322 Å². The molecule has 14 nitrogen and oxygen atoms in total. The Morgan fingerprint density at radius 2 is 1.07 bits per heavy atom. The van der Waals surface area contributed by atoms with E-state index in [1.165, 1.54) is 0 Å². The molecule has 5 heterocycles. The number of nitrogen functional groups attached to an aromatic ring is 2. The molecule has 6 aromatic rings. The number of nitrogens with one attached hydrogen (secondary N) is 2. The molecule has 1 aliphatic heterocycles. The standard InChI is InChI=1S/C16H12N6.C12H18BNO2.C10H6BrN5/c17-7-12-5-6-13(10-19-12)22-16-20-8-11(9-21-16)14-3-1-2-4-15(14)18;1-11(2)12(3,4)16-13(15-11)9-7-5-6-8-10(9)14;11-7-4-14-10(15-5-7)16-9-2-1-8(3-12)13-6-9/h1-6,8-10H,18H2,(H,20,21,22);5-8H,14H2,1-4H3;1-2,4-6H,(H,14,15,16). The average Bonchev–Trinajstić information content (AvgIpc) is 3.40. The normalized spacial score (nSPS) is 13.5. The Kier molecular flexibility index (Phi) is 12.5. The molecular formula is C38H36BBrN12O2. The fourth-order valence-electron chi connectivity index (χ4n) is 4.69. The number of rotatable bonds is 6. The summed E-state index contributed by atoms with van der Waals surface area (Å²) in [7, 11) is -0.369. The van der Waals surface area contributed by atoms with Gasteiger partial charge in [-0.3, -0.25) is 0 Å². The van der Waals surface area contributed by atoms with Crippen molar-refractivity contribution < 1.29 is 9.31 Å². The molecule has 0 aliphatic carbocycles. The van der Waals surface area contributed by atoms with E-state index in [4.69, 9.17) is 31.3 Å². The fourth-order valence-corrected chi connectivity index (χ4v) is 4.89. The van der Waals surface area contributed by atoms with Gasteiger partial charge in [-0.25, -0.2) is 29.9 Å². The molecule has 0 spiro atoms. The number of aromatic nitrogens is 6. The summed E-state index contributed by atoms with van der Waals surface area (Å²) >= 11 is 3.25. The predicted molar refractivity (Wildman–Crippen MR) is 213 cm³/mol. The van der Waals surface area contributed by atoms with Gasteiger partial charge in [-0.1, -0.05) is 36.4 Å². The van der Waals surface area contributed by atoms with Gasteiger partial charge in [0.25, 0.3) is 0 Å². The molecule has 0 amide bonds. The molecular weight excluding hydrogens is 747 g/mol. The van der Waals surface area contributed by atoms with Crippen LogP contribution in [0.25, 0.3) is 11.1 Å². The smallest absolute Gasteiger partial charge is 0.399 e. The van der Waals surface area contributed by atoms with E-state index in [-0.39, 0.29) is 18.3 Å². The van der Waals surface area contributed by atoms with E-state index in [1.807, 2.05) is 88.4 Å². The monoisotopic (exact) mass is 782 g/mol. The van der Waals surface area contributed by atoms with Crippen LogP contribution in [-0.4, -0.2) is 48.2 Å². The number of halogens is 1. The summed E-state index contributed by atoms with van der Waals surface area (Å²) in [6, 6.07) is 25.9. The molecule has 16 heteroatoms. The molecule has 6 N–H and O–H groups in total. The molecule has 0 unspecified atom stereocenters. The maximum Gasteiger partial charge on any atom is 0.496 e. The lowest BCUT2D eigenvalue weighted by atomic mass is 9.78. The Morgan fingerprint density at radius 3 is 1.52 bits per heavy atom. The summed E-state index contributed by atoms with van der Waals surface area (Å²) in [4.78, 5) is 24.5. The Bertz CT molecular complexity index is 2230. The molecule has 1 aliphatic rings. The van der Waals surface area contributed by atoms with Crippen LogP contribution in [0.2, 0.25) is 0 Å². The molecule has 0 atom stereocenters. The minimum Gasteiger partial charge on any atom is -0.399 e. The molecule has 4 aromatic heterocycles. The number of hydrogen-bond acceptors (Lipinski definition) is 14. The van der Waals surface area contributed by atoms with E-state index >= 15 is 0 Å². The minimum absolute atomic E-state index is 0.319. The Hall–Kier alpha value is -6.46. The lowest BCUT2D eigenvalue weighted by Gasteiger charge is -2.32. The molecule has 54 heavy (non-hydrogen) atoms. The van der Waals surface area contributed by atoms with Crippen LogP contribution in [0.3, 0.4) is 0 Å². The van der Waals surface area contributed by atoms with Crippen LogP contribution in [0.4, 0.5) is 34.6 Å². The third-order valence-electron chi connectivity index (χ3n) is 8.32. The molecule has 7 rings (SSSR count). The van der Waals surface area contributed by atoms with E-state index in [1.54, 1.807) is 61.4 Å². The first-order valence-corrected chi connectivity index (χ1v) is 17.3. The van der Waals surface area contributed by atoms with Gasteiger partial charge in [0.05, 0.1) is 39.4 Å². The van der Waals surface area contributed by atoms with Crippen LogP contribution in [0.5, 0.6) is 0 Å². The van der Waals surface area contributed by atoms with Crippen molar-refractivity contribution in [3.63, 3.8) is 0 Å². The number of para-hydroxylation sites is 2. The lowest BCUT2D eigenvalue weighted by molar-refractivity contribution is 0.00578. The predicted octanol–water partition coefficient (Wildman–Crippen LogP) is 6.55. The third-order valence-corrected chi connectivity index (χ3v) is 8.73. The quantitative estimate of drug-likeness (QED) is 0.104. The van der Waals surface area contributed by atoms with Crippen LogP contribution < -0.4 is 27.6 Å². The molecule has 2 aromatic carbocycles. The van der Waals surface area contributed by atoms with Crippen LogP contribution in [0.15, 0.2) is 114 Å². The van der Waals surface area contributed by atoms with Crippen molar-refractivity contribution in [3.8, 4) is 23.3 Å². The van der Waals surface area contributed by atoms with Crippen molar-refractivity contribution in [3.05, 3.63) is 126 Å². The second kappa shape index (κ2) is 17.4. The van der Waals surface area contributed by atoms with Gasteiger partial charge in [0.15, 0.2) is 0 Å². The zero-order valence-electron chi connectivity index (χ0n) is 29.9. The number of hydrogen-bond donors (Lipinski definition) is 4. The van der Waals surface area contributed by atoms with Gasteiger partial charge in [-0.15, -0.1) is 0 Å². The van der Waals surface area contributed by atoms with Gasteiger partial charge in [-0.05, 0) is 80.0 Å². The number of nitrogens with two attached hydrogens (primary N) is 2. The maximum atomic E-state index is 8.71. The highest BCUT2D eigenvalue weighted by molar-refractivity contribution is 9.10. The first kappa shape index (κ1) is 38.8. The number of pyridine rings is 2. The van der Waals surface area contributed by atoms with Crippen LogP contribution in [0.1, 0.15) is 39.1 Å². The van der Waals surface area contributed by atoms with Crippen molar-refractivity contribution in [2.75, 3.05) is 22.1 Å². The van der Waals surface area contributed by atoms with Crippen LogP contribution in [-0.2, 0) is 9.31 Å². The SMILES string of the molecule is CC1(C)OB(c2ccccc2N)OC1(C)C.N#Cc1ccc(Nc2ncc(-c3ccccc3N)cn2)cn1.N#Cc1ccc(Nc2ncc(Br)cn2)cn1. The topological polar surface area (TPSA) is 219 Å². The van der Waals surface area contributed by atoms with E-state index in [0.717, 1.165) is 26.7 Å². The zero-order chi connectivity index (χ0) is 38.7. The van der Waals surface area contributed by atoms with E-state index in [9.17, 15) is 0 Å². The number of nitrogens with zero attached hydrogens (tertiary/aromatic N) is 8. The second-order valence-corrected chi connectivity index (χ2v) is 13.6. The molecule has 0 radical (unpaired) electrons. The number of anilines is 6. The van der Waals surface area contributed by atoms with E-state index < -0.39 is 0 Å². The lowest BCUT2D eigenvalue weighted by Crippen LogP contribution is -2.41. The summed E-state index contributed by atoms with van der Waals surface area (Å²) < 4.78 is 12.7. The molecule has 1 fully saturated rings. The van der Waals surface area contributed by atoms with Gasteiger partial charge in [0.1, 0.15) is 23.5 Å². The highest BCUT2D eigenvalue weighted by Gasteiger charge is 2.52. The summed E-state index contributed by atoms with van der Waals surface area (Å²) in [5.41, 5.74) is 17.4. The van der Waals surface area contributed by atoms with E-state index in [2.05, 4.69) is 56.5 Å². The summed E-state index contributed by atoms with van der Waals surface area (Å²) in [6.07, 6.45) is 9.82. The average molecular weight is 784 g/mol. The maximum absolute atomic E-state index is 8.71. The minimum atomic E-state index is -0.369. The molecule has 270 valence electrons. The van der Waals surface area contributed by atoms with Gasteiger partial charge < -0.3 is 31.4 Å². The van der Waals surface area contributed by atoms with E-state index in [0.29, 0.717) is 40.3 Å². The summed E-state index contributed by atoms with van der Waals surface area (Å²) in [5.74, 6) is 0.930. The third kappa shape index (κ3) is 10.1. The largest absolute Gasteiger partial charge is 0.496 e. The van der Waals surface area contributed by atoms with Crippen LogP contribution in [0, 0.1) is 22.7 Å². The van der Waals surface area contributed by atoms with Gasteiger partial charge in [0, 0.05) is 52.8 Å². The van der Waals surface area contributed by atoms with Crippen LogP contribution >= 0.6 is 15.9 Å². The van der Waals surface area contributed by atoms with Crippen molar-refractivity contribution >= 4 is 63.2 Å².